The quantitative estimate of drug-likeness (QED) is 0.853. The van der Waals surface area contributed by atoms with Crippen LogP contribution >= 0.6 is 0 Å². The van der Waals surface area contributed by atoms with Crippen LogP contribution in [0.2, 0.25) is 0 Å². The van der Waals surface area contributed by atoms with Crippen LogP contribution in [0, 0.1) is 0 Å². The minimum Gasteiger partial charge on any atom is -0.378 e. The Bertz CT molecular complexity index is 608. The Morgan fingerprint density at radius 2 is 1.65 bits per heavy atom. The van der Waals surface area contributed by atoms with E-state index in [4.69, 9.17) is 0 Å². The molecule has 0 bridgehead atoms. The summed E-state index contributed by atoms with van der Waals surface area (Å²) in [5.41, 5.74) is 3.25. The van der Waals surface area contributed by atoms with E-state index in [2.05, 4.69) is 5.32 Å². The van der Waals surface area contributed by atoms with Gasteiger partial charge in [-0.05, 0) is 36.8 Å². The maximum absolute atomic E-state index is 12.4. The Morgan fingerprint density at radius 1 is 1.00 bits per heavy atom. The average molecular weight is 311 g/mol. The van der Waals surface area contributed by atoms with Crippen LogP contribution in [0.25, 0.3) is 0 Å². The molecule has 2 rings (SSSR count). The number of carbonyl (C=O) groups excluding carboxylic acids is 1. The van der Waals surface area contributed by atoms with Crippen LogP contribution in [0.4, 0.5) is 11.4 Å². The molecule has 0 aliphatic carbocycles. The van der Waals surface area contributed by atoms with Crippen molar-refractivity contribution in [1.82, 2.24) is 4.90 Å². The maximum atomic E-state index is 12.4. The molecule has 122 valence electrons. The second kappa shape index (κ2) is 8.22. The number of amides is 1. The number of rotatable bonds is 7. The lowest BCUT2D eigenvalue weighted by molar-refractivity contribution is -0.129. The summed E-state index contributed by atoms with van der Waals surface area (Å²) in [5.74, 6) is 0.105. The van der Waals surface area contributed by atoms with Gasteiger partial charge in [-0.25, -0.2) is 0 Å². The second-order valence-electron chi connectivity index (χ2n) is 5.69. The third kappa shape index (κ3) is 5.02. The van der Waals surface area contributed by atoms with E-state index in [1.165, 1.54) is 0 Å². The predicted octanol–water partition coefficient (Wildman–Crippen LogP) is 3.21. The number of likely N-dealkylation sites (N-methyl/N-ethyl adjacent to an activating group) is 1. The van der Waals surface area contributed by atoms with E-state index in [1.807, 2.05) is 85.4 Å². The highest BCUT2D eigenvalue weighted by Crippen LogP contribution is 2.15. The lowest BCUT2D eigenvalue weighted by Gasteiger charge is -2.21. The Balaban J connectivity index is 1.89. The van der Waals surface area contributed by atoms with Crippen LogP contribution in [0.5, 0.6) is 0 Å². The van der Waals surface area contributed by atoms with Gasteiger partial charge in [-0.1, -0.05) is 30.3 Å². The van der Waals surface area contributed by atoms with Crippen LogP contribution in [0.3, 0.4) is 0 Å². The molecular weight excluding hydrogens is 286 g/mol. The Morgan fingerprint density at radius 3 is 2.22 bits per heavy atom. The number of carbonyl (C=O) groups is 1. The van der Waals surface area contributed by atoms with Gasteiger partial charge in [0.2, 0.25) is 5.91 Å². The summed E-state index contributed by atoms with van der Waals surface area (Å²) >= 11 is 0. The third-order valence-electron chi connectivity index (χ3n) is 3.78. The fraction of sp³-hybridized carbons (Fsp3) is 0.316. The minimum absolute atomic E-state index is 0.105. The van der Waals surface area contributed by atoms with Gasteiger partial charge >= 0.3 is 0 Å². The first-order valence-electron chi connectivity index (χ1n) is 7.93. The van der Waals surface area contributed by atoms with Crippen molar-refractivity contribution in [3.8, 4) is 0 Å². The molecule has 23 heavy (non-hydrogen) atoms. The lowest BCUT2D eigenvalue weighted by atomic mass is 10.2. The van der Waals surface area contributed by atoms with Crippen LogP contribution in [-0.2, 0) is 11.3 Å². The topological polar surface area (TPSA) is 35.6 Å². The number of benzene rings is 2. The van der Waals surface area contributed by atoms with E-state index in [9.17, 15) is 4.79 Å². The molecule has 2 aromatic rings. The van der Waals surface area contributed by atoms with Crippen LogP contribution in [0.1, 0.15) is 12.5 Å². The molecule has 0 atom stereocenters. The van der Waals surface area contributed by atoms with Crippen molar-refractivity contribution in [1.29, 1.82) is 0 Å². The molecule has 0 unspecified atom stereocenters. The van der Waals surface area contributed by atoms with Crippen molar-refractivity contribution in [2.24, 2.45) is 0 Å². The van der Waals surface area contributed by atoms with Crippen LogP contribution in [-0.4, -0.2) is 38.0 Å². The van der Waals surface area contributed by atoms with Gasteiger partial charge in [0, 0.05) is 38.6 Å². The standard InChI is InChI=1S/C19H25N3O/c1-4-22(15-16-8-6-5-7-9-16)19(23)14-20-17-10-12-18(13-11-17)21(2)3/h5-13,20H,4,14-15H2,1-3H3. The SMILES string of the molecule is CCN(Cc1ccccc1)C(=O)CNc1ccc(N(C)C)cc1. The zero-order valence-corrected chi connectivity index (χ0v) is 14.1. The summed E-state index contributed by atoms with van der Waals surface area (Å²) in [4.78, 5) is 16.3. The highest BCUT2D eigenvalue weighted by atomic mass is 16.2. The fourth-order valence-electron chi connectivity index (χ4n) is 2.35. The van der Waals surface area contributed by atoms with Crippen LogP contribution < -0.4 is 10.2 Å². The number of hydrogen-bond donors (Lipinski definition) is 1. The third-order valence-corrected chi connectivity index (χ3v) is 3.78. The summed E-state index contributed by atoms with van der Waals surface area (Å²) in [6, 6.07) is 18.1. The van der Waals surface area contributed by atoms with Crippen molar-refractivity contribution in [3.63, 3.8) is 0 Å². The van der Waals surface area contributed by atoms with E-state index in [0.717, 1.165) is 16.9 Å². The first kappa shape index (κ1) is 16.9. The van der Waals surface area contributed by atoms with Gasteiger partial charge in [-0.15, -0.1) is 0 Å². The molecule has 1 amide bonds. The smallest absolute Gasteiger partial charge is 0.242 e. The largest absolute Gasteiger partial charge is 0.378 e. The molecule has 0 aliphatic heterocycles. The molecule has 0 aliphatic rings. The molecule has 0 saturated carbocycles. The van der Waals surface area contributed by atoms with Gasteiger partial charge in [0.15, 0.2) is 0 Å². The van der Waals surface area contributed by atoms with Crippen molar-refractivity contribution < 1.29 is 4.79 Å². The minimum atomic E-state index is 0.105. The van der Waals surface area contributed by atoms with Gasteiger partial charge in [0.05, 0.1) is 6.54 Å². The maximum Gasteiger partial charge on any atom is 0.242 e. The molecule has 0 saturated heterocycles. The van der Waals surface area contributed by atoms with E-state index in [-0.39, 0.29) is 5.91 Å². The number of anilines is 2. The van der Waals surface area contributed by atoms with E-state index < -0.39 is 0 Å². The second-order valence-corrected chi connectivity index (χ2v) is 5.69. The average Bonchev–Trinajstić information content (AvgIpc) is 2.58. The first-order valence-corrected chi connectivity index (χ1v) is 7.93. The summed E-state index contributed by atoms with van der Waals surface area (Å²) in [7, 11) is 4.02. The molecule has 0 fully saturated rings. The normalized spacial score (nSPS) is 10.2. The number of nitrogens with one attached hydrogen (secondary N) is 1. The van der Waals surface area contributed by atoms with Gasteiger partial charge in [0.1, 0.15) is 0 Å². The molecule has 0 radical (unpaired) electrons. The molecule has 2 aromatic carbocycles. The highest BCUT2D eigenvalue weighted by molar-refractivity contribution is 5.81. The molecule has 4 heteroatoms. The zero-order chi connectivity index (χ0) is 16.7. The summed E-state index contributed by atoms with van der Waals surface area (Å²) in [6.45, 7) is 3.67. The molecular formula is C19H25N3O. The highest BCUT2D eigenvalue weighted by Gasteiger charge is 2.11. The monoisotopic (exact) mass is 311 g/mol. The van der Waals surface area contributed by atoms with Gasteiger partial charge < -0.3 is 15.1 Å². The predicted molar refractivity (Wildman–Crippen MR) is 96.8 cm³/mol. The molecule has 4 nitrogen and oxygen atoms in total. The van der Waals surface area contributed by atoms with Crippen LogP contribution in [0.15, 0.2) is 54.6 Å². The zero-order valence-electron chi connectivity index (χ0n) is 14.1. The van der Waals surface area contributed by atoms with Crippen molar-refractivity contribution in [2.75, 3.05) is 37.4 Å². The molecule has 1 N–H and O–H groups in total. The summed E-state index contributed by atoms with van der Waals surface area (Å²) in [6.07, 6.45) is 0. The van der Waals surface area contributed by atoms with Crippen molar-refractivity contribution in [2.45, 2.75) is 13.5 Å². The van der Waals surface area contributed by atoms with E-state index in [0.29, 0.717) is 19.6 Å². The van der Waals surface area contributed by atoms with E-state index in [1.54, 1.807) is 0 Å². The Hall–Kier alpha value is -2.49. The summed E-state index contributed by atoms with van der Waals surface area (Å²) in [5, 5.41) is 3.20. The van der Waals surface area contributed by atoms with Gasteiger partial charge in [0.25, 0.3) is 0 Å². The fourth-order valence-corrected chi connectivity index (χ4v) is 2.35. The number of nitrogens with zero attached hydrogens (tertiary/aromatic N) is 2. The lowest BCUT2D eigenvalue weighted by Crippen LogP contribution is -2.34. The first-order chi connectivity index (χ1) is 11.1. The Labute approximate surface area is 138 Å². The molecule has 0 aromatic heterocycles. The van der Waals surface area contributed by atoms with Gasteiger partial charge in [-0.2, -0.15) is 0 Å². The van der Waals surface area contributed by atoms with Crippen molar-refractivity contribution >= 4 is 17.3 Å². The van der Waals surface area contributed by atoms with Gasteiger partial charge in [-0.3, -0.25) is 4.79 Å². The Kier molecular flexibility index (Phi) is 6.03. The van der Waals surface area contributed by atoms with Crippen molar-refractivity contribution in [3.05, 3.63) is 60.2 Å². The van der Waals surface area contributed by atoms with E-state index >= 15 is 0 Å². The number of hydrogen-bond acceptors (Lipinski definition) is 3. The molecule has 0 heterocycles. The molecule has 0 spiro atoms. The summed E-state index contributed by atoms with van der Waals surface area (Å²) < 4.78 is 0.